The molecular weight excluding hydrogens is 361 g/mol. The first-order chi connectivity index (χ1) is 12.8. The molecule has 0 spiro atoms. The number of rotatable bonds is 2. The number of carbonyl (C=O) groups excluding carboxylic acids is 2. The molecule has 3 rings (SSSR count). The Morgan fingerprint density at radius 2 is 1.96 bits per heavy atom. The van der Waals surface area contributed by atoms with Gasteiger partial charge in [-0.2, -0.15) is 13.2 Å². The van der Waals surface area contributed by atoms with Gasteiger partial charge in [-0.1, -0.05) is 18.2 Å². The van der Waals surface area contributed by atoms with Crippen molar-refractivity contribution in [1.29, 1.82) is 0 Å². The van der Waals surface area contributed by atoms with Crippen LogP contribution in [0, 0.1) is 0 Å². The normalized spacial score (nSPS) is 21.7. The molecule has 9 heteroatoms. The summed E-state index contributed by atoms with van der Waals surface area (Å²) in [6.45, 7) is 0.0642. The van der Waals surface area contributed by atoms with E-state index in [1.807, 2.05) is 24.3 Å². The van der Waals surface area contributed by atoms with Crippen LogP contribution in [0.5, 0.6) is 0 Å². The zero-order valence-electron chi connectivity index (χ0n) is 14.9. The third-order valence-corrected chi connectivity index (χ3v) is 4.87. The SMILES string of the molecule is O=C1Nc2ccccc2CCC1NC(=O)N1CCCN(CC(F)(F)F)CC1. The molecule has 2 aliphatic rings. The Hall–Kier alpha value is -2.29. The highest BCUT2D eigenvalue weighted by Gasteiger charge is 2.32. The van der Waals surface area contributed by atoms with E-state index in [1.54, 1.807) is 0 Å². The highest BCUT2D eigenvalue weighted by Crippen LogP contribution is 2.22. The predicted octanol–water partition coefficient (Wildman–Crippen LogP) is 2.22. The van der Waals surface area contributed by atoms with Gasteiger partial charge in [-0.3, -0.25) is 9.69 Å². The van der Waals surface area contributed by atoms with Crippen LogP contribution in [0.25, 0.3) is 0 Å². The van der Waals surface area contributed by atoms with Crippen molar-refractivity contribution in [2.75, 3.05) is 38.0 Å². The summed E-state index contributed by atoms with van der Waals surface area (Å²) in [6.07, 6.45) is -2.65. The quantitative estimate of drug-likeness (QED) is 0.822. The highest BCUT2D eigenvalue weighted by molar-refractivity contribution is 5.98. The molecule has 1 unspecified atom stereocenters. The van der Waals surface area contributed by atoms with E-state index >= 15 is 0 Å². The molecule has 0 bridgehead atoms. The maximum atomic E-state index is 12.6. The summed E-state index contributed by atoms with van der Waals surface area (Å²) in [7, 11) is 0. The number of halogens is 3. The average Bonchev–Trinajstić information content (AvgIpc) is 2.91. The summed E-state index contributed by atoms with van der Waals surface area (Å²) in [5.74, 6) is -0.276. The average molecular weight is 384 g/mol. The lowest BCUT2D eigenvalue weighted by Crippen LogP contribution is -2.50. The van der Waals surface area contributed by atoms with E-state index < -0.39 is 24.8 Å². The minimum absolute atomic E-state index is 0.162. The second-order valence-corrected chi connectivity index (χ2v) is 6.92. The van der Waals surface area contributed by atoms with Crippen molar-refractivity contribution >= 4 is 17.6 Å². The molecule has 0 aromatic heterocycles. The van der Waals surface area contributed by atoms with Gasteiger partial charge in [0, 0.05) is 31.9 Å². The zero-order valence-corrected chi connectivity index (χ0v) is 14.9. The van der Waals surface area contributed by atoms with Crippen LogP contribution in [0.15, 0.2) is 24.3 Å². The first-order valence-electron chi connectivity index (χ1n) is 9.05. The van der Waals surface area contributed by atoms with Gasteiger partial charge in [0.05, 0.1) is 6.54 Å². The number of alkyl halides is 3. The van der Waals surface area contributed by atoms with E-state index in [9.17, 15) is 22.8 Å². The van der Waals surface area contributed by atoms with Crippen LogP contribution in [0.4, 0.5) is 23.7 Å². The molecule has 1 aromatic carbocycles. The Labute approximate surface area is 155 Å². The Bertz CT molecular complexity index is 695. The molecular formula is C18H23F3N4O2. The molecule has 2 aliphatic heterocycles. The van der Waals surface area contributed by atoms with Gasteiger partial charge in [0.1, 0.15) is 6.04 Å². The predicted molar refractivity (Wildman–Crippen MR) is 94.4 cm³/mol. The van der Waals surface area contributed by atoms with Crippen molar-refractivity contribution in [3.63, 3.8) is 0 Å². The number of fused-ring (bicyclic) bond motifs is 1. The molecule has 1 atom stereocenters. The third kappa shape index (κ3) is 5.35. The van der Waals surface area contributed by atoms with Crippen molar-refractivity contribution in [3.05, 3.63) is 29.8 Å². The first kappa shape index (κ1) is 19.5. The number of anilines is 1. The fourth-order valence-corrected chi connectivity index (χ4v) is 3.47. The molecule has 148 valence electrons. The molecule has 27 heavy (non-hydrogen) atoms. The van der Waals surface area contributed by atoms with E-state index in [0.717, 1.165) is 11.3 Å². The minimum atomic E-state index is -4.25. The largest absolute Gasteiger partial charge is 0.401 e. The fraction of sp³-hybridized carbons (Fsp3) is 0.556. The van der Waals surface area contributed by atoms with Crippen LogP contribution in [-0.4, -0.2) is 66.7 Å². The Balaban J connectivity index is 1.55. The minimum Gasteiger partial charge on any atom is -0.326 e. The Morgan fingerprint density at radius 3 is 2.74 bits per heavy atom. The van der Waals surface area contributed by atoms with Crippen molar-refractivity contribution in [2.45, 2.75) is 31.5 Å². The lowest BCUT2D eigenvalue weighted by molar-refractivity contribution is -0.145. The third-order valence-electron chi connectivity index (χ3n) is 4.87. The number of urea groups is 1. The maximum absolute atomic E-state index is 12.6. The molecule has 1 saturated heterocycles. The van der Waals surface area contributed by atoms with E-state index in [4.69, 9.17) is 0 Å². The number of benzene rings is 1. The van der Waals surface area contributed by atoms with Crippen LogP contribution in [0.3, 0.4) is 0 Å². The summed E-state index contributed by atoms with van der Waals surface area (Å²) in [5, 5.41) is 5.56. The molecule has 3 amide bonds. The number of nitrogens with one attached hydrogen (secondary N) is 2. The summed E-state index contributed by atoms with van der Waals surface area (Å²) >= 11 is 0. The van der Waals surface area contributed by atoms with Crippen LogP contribution in [0.2, 0.25) is 0 Å². The number of carbonyl (C=O) groups is 2. The number of hydrogen-bond acceptors (Lipinski definition) is 3. The molecule has 6 nitrogen and oxygen atoms in total. The first-order valence-corrected chi connectivity index (χ1v) is 9.05. The molecule has 1 fully saturated rings. The highest BCUT2D eigenvalue weighted by atomic mass is 19.4. The van der Waals surface area contributed by atoms with Gasteiger partial charge in [-0.05, 0) is 30.9 Å². The molecule has 0 saturated carbocycles. The van der Waals surface area contributed by atoms with Crippen LogP contribution < -0.4 is 10.6 Å². The number of nitrogens with zero attached hydrogens (tertiary/aromatic N) is 2. The zero-order chi connectivity index (χ0) is 19.4. The second kappa shape index (κ2) is 8.16. The molecule has 0 radical (unpaired) electrons. The molecule has 2 N–H and O–H groups in total. The summed E-state index contributed by atoms with van der Waals surface area (Å²) in [5.41, 5.74) is 1.76. The smallest absolute Gasteiger partial charge is 0.326 e. The fourth-order valence-electron chi connectivity index (χ4n) is 3.47. The van der Waals surface area contributed by atoms with Crippen molar-refractivity contribution in [1.82, 2.24) is 15.1 Å². The topological polar surface area (TPSA) is 64.7 Å². The second-order valence-electron chi connectivity index (χ2n) is 6.92. The summed E-state index contributed by atoms with van der Waals surface area (Å²) in [4.78, 5) is 27.7. The number of amides is 3. The van der Waals surface area contributed by atoms with E-state index in [2.05, 4.69) is 10.6 Å². The number of aryl methyl sites for hydroxylation is 1. The lowest BCUT2D eigenvalue weighted by Gasteiger charge is -2.25. The molecule has 2 heterocycles. The lowest BCUT2D eigenvalue weighted by atomic mass is 10.1. The molecule has 0 aliphatic carbocycles. The van der Waals surface area contributed by atoms with Gasteiger partial charge < -0.3 is 15.5 Å². The van der Waals surface area contributed by atoms with E-state index in [1.165, 1.54) is 9.80 Å². The van der Waals surface area contributed by atoms with Gasteiger partial charge in [-0.25, -0.2) is 4.79 Å². The maximum Gasteiger partial charge on any atom is 0.401 e. The molecule has 1 aromatic rings. The summed E-state index contributed by atoms with van der Waals surface area (Å²) < 4.78 is 37.7. The number of para-hydroxylation sites is 1. The van der Waals surface area contributed by atoms with Gasteiger partial charge in [0.15, 0.2) is 0 Å². The monoisotopic (exact) mass is 384 g/mol. The van der Waals surface area contributed by atoms with Crippen LogP contribution in [-0.2, 0) is 11.2 Å². The van der Waals surface area contributed by atoms with E-state index in [0.29, 0.717) is 32.4 Å². The van der Waals surface area contributed by atoms with Crippen molar-refractivity contribution < 1.29 is 22.8 Å². The van der Waals surface area contributed by atoms with Gasteiger partial charge >= 0.3 is 12.2 Å². The Kier molecular flexibility index (Phi) is 5.88. The standard InChI is InChI=1S/C18H23F3N4O2/c19-18(20,21)12-24-8-3-9-25(11-10-24)17(27)23-15-7-6-13-4-1-2-5-14(13)22-16(15)26/h1-2,4-5,15H,3,6-12H2,(H,22,26)(H,23,27). The van der Waals surface area contributed by atoms with Crippen LogP contribution >= 0.6 is 0 Å². The van der Waals surface area contributed by atoms with Crippen molar-refractivity contribution in [2.24, 2.45) is 0 Å². The van der Waals surface area contributed by atoms with Crippen LogP contribution in [0.1, 0.15) is 18.4 Å². The summed E-state index contributed by atoms with van der Waals surface area (Å²) in [6, 6.07) is 6.41. The Morgan fingerprint density at radius 1 is 1.19 bits per heavy atom. The van der Waals surface area contributed by atoms with Crippen molar-refractivity contribution in [3.8, 4) is 0 Å². The van der Waals surface area contributed by atoms with Gasteiger partial charge in [0.2, 0.25) is 5.91 Å². The van der Waals surface area contributed by atoms with E-state index in [-0.39, 0.29) is 19.0 Å². The van der Waals surface area contributed by atoms with Gasteiger partial charge in [0.25, 0.3) is 0 Å². The number of hydrogen-bond donors (Lipinski definition) is 2. The van der Waals surface area contributed by atoms with Gasteiger partial charge in [-0.15, -0.1) is 0 Å².